The molecule has 0 amide bonds. The van der Waals surface area contributed by atoms with E-state index >= 15 is 0 Å². The highest BCUT2D eigenvalue weighted by Crippen LogP contribution is 2.36. The van der Waals surface area contributed by atoms with Gasteiger partial charge in [-0.3, -0.25) is 4.90 Å². The van der Waals surface area contributed by atoms with Crippen molar-refractivity contribution in [3.05, 3.63) is 76.5 Å². The molecule has 4 aromatic rings. The molecule has 2 aromatic carbocycles. The van der Waals surface area contributed by atoms with Crippen molar-refractivity contribution in [2.75, 3.05) is 18.9 Å². The zero-order chi connectivity index (χ0) is 21.5. The second-order valence-electron chi connectivity index (χ2n) is 7.74. The van der Waals surface area contributed by atoms with Gasteiger partial charge in [0.2, 0.25) is 5.95 Å². The van der Waals surface area contributed by atoms with Gasteiger partial charge in [0.25, 0.3) is 0 Å². The Morgan fingerprint density at radius 3 is 2.81 bits per heavy atom. The van der Waals surface area contributed by atoms with Gasteiger partial charge in [0.15, 0.2) is 0 Å². The van der Waals surface area contributed by atoms with Crippen LogP contribution in [0, 0.1) is 12.7 Å². The van der Waals surface area contributed by atoms with Gasteiger partial charge < -0.3 is 15.0 Å². The normalized spacial score (nSPS) is 14.3. The van der Waals surface area contributed by atoms with Gasteiger partial charge >= 0.3 is 0 Å². The maximum Gasteiger partial charge on any atom is 0.219 e. The summed E-state index contributed by atoms with van der Waals surface area (Å²) in [5.74, 6) is 0.757. The predicted octanol–water partition coefficient (Wildman–Crippen LogP) is 4.50. The van der Waals surface area contributed by atoms with Crippen LogP contribution in [0.3, 0.4) is 0 Å². The monoisotopic (exact) mass is 437 g/mol. The van der Waals surface area contributed by atoms with Gasteiger partial charge in [-0.15, -0.1) is 0 Å². The lowest BCUT2D eigenvalue weighted by molar-refractivity contribution is 0.219. The molecule has 0 atom stereocenters. The molecule has 3 heterocycles. The topological polar surface area (TPSA) is 69.2 Å². The predicted molar refractivity (Wildman–Crippen MR) is 119 cm³/mol. The van der Waals surface area contributed by atoms with Crippen molar-refractivity contribution < 1.29 is 9.13 Å². The van der Waals surface area contributed by atoms with Crippen molar-refractivity contribution in [2.24, 2.45) is 0 Å². The fourth-order valence-electron chi connectivity index (χ4n) is 4.00. The first-order valence-corrected chi connectivity index (χ1v) is 10.4. The van der Waals surface area contributed by atoms with Gasteiger partial charge in [-0.05, 0) is 36.8 Å². The molecule has 0 saturated heterocycles. The summed E-state index contributed by atoms with van der Waals surface area (Å²) in [5.41, 5.74) is 9.83. The van der Waals surface area contributed by atoms with Crippen LogP contribution in [0.15, 0.2) is 48.9 Å². The Morgan fingerprint density at radius 1 is 1.19 bits per heavy atom. The molecular weight excluding hydrogens is 417 g/mol. The average Bonchev–Trinajstić information content (AvgIpc) is 3.08. The smallest absolute Gasteiger partial charge is 0.219 e. The Labute approximate surface area is 184 Å². The zero-order valence-electron chi connectivity index (χ0n) is 17.0. The standard InChI is InChI=1S/C23H21ClFN5O/c1-14-2-3-20-18(21(14)25)4-5-30(20)17-8-16-13-29(6-7-31-22(16)19(24)9-17)12-15-10-27-23(26)28-11-15/h2-5,8-11H,6-7,12-13H2,1H3,(H2,26,27,28). The highest BCUT2D eigenvalue weighted by atomic mass is 35.5. The molecule has 1 aliphatic heterocycles. The second-order valence-corrected chi connectivity index (χ2v) is 8.15. The summed E-state index contributed by atoms with van der Waals surface area (Å²) in [6.07, 6.45) is 5.34. The van der Waals surface area contributed by atoms with E-state index in [1.165, 1.54) is 0 Å². The summed E-state index contributed by atoms with van der Waals surface area (Å²) in [6.45, 7) is 4.35. The maximum atomic E-state index is 14.5. The van der Waals surface area contributed by atoms with Crippen molar-refractivity contribution in [1.82, 2.24) is 19.4 Å². The molecule has 31 heavy (non-hydrogen) atoms. The Balaban J connectivity index is 1.51. The molecule has 2 N–H and O–H groups in total. The molecule has 8 heteroatoms. The average molecular weight is 438 g/mol. The Morgan fingerprint density at radius 2 is 2.00 bits per heavy atom. The van der Waals surface area contributed by atoms with Gasteiger partial charge in [0, 0.05) is 60.4 Å². The van der Waals surface area contributed by atoms with E-state index in [0.717, 1.165) is 28.9 Å². The Kier molecular flexibility index (Phi) is 5.00. The molecular formula is C23H21ClFN5O. The molecule has 2 aromatic heterocycles. The zero-order valence-corrected chi connectivity index (χ0v) is 17.7. The van der Waals surface area contributed by atoms with Crippen LogP contribution in [0.1, 0.15) is 16.7 Å². The number of fused-ring (bicyclic) bond motifs is 2. The number of anilines is 1. The van der Waals surface area contributed by atoms with Crippen LogP contribution < -0.4 is 10.5 Å². The van der Waals surface area contributed by atoms with Gasteiger partial charge in [0.1, 0.15) is 18.2 Å². The van der Waals surface area contributed by atoms with Crippen molar-refractivity contribution >= 4 is 28.5 Å². The molecule has 0 spiro atoms. The Bertz CT molecular complexity index is 1270. The van der Waals surface area contributed by atoms with Crippen LogP contribution in [0.25, 0.3) is 16.6 Å². The SMILES string of the molecule is Cc1ccc2c(ccn2-c2cc(Cl)c3c(c2)CN(Cc2cnc(N)nc2)CCO3)c1F. The van der Waals surface area contributed by atoms with Gasteiger partial charge in [0.05, 0.1) is 10.5 Å². The molecule has 1 aliphatic rings. The van der Waals surface area contributed by atoms with Crippen LogP contribution >= 0.6 is 11.6 Å². The maximum absolute atomic E-state index is 14.5. The van der Waals surface area contributed by atoms with Crippen LogP contribution in [0.2, 0.25) is 5.02 Å². The van der Waals surface area contributed by atoms with E-state index < -0.39 is 0 Å². The summed E-state index contributed by atoms with van der Waals surface area (Å²) in [6, 6.07) is 9.43. The highest BCUT2D eigenvalue weighted by molar-refractivity contribution is 6.32. The minimum Gasteiger partial charge on any atom is -0.490 e. The fourth-order valence-corrected chi connectivity index (χ4v) is 4.29. The van der Waals surface area contributed by atoms with E-state index in [9.17, 15) is 4.39 Å². The number of nitrogens with zero attached hydrogens (tertiary/aromatic N) is 4. The molecule has 5 rings (SSSR count). The van der Waals surface area contributed by atoms with Crippen LogP contribution in [-0.4, -0.2) is 32.6 Å². The molecule has 0 unspecified atom stereocenters. The number of aryl methyl sites for hydroxylation is 1. The molecule has 158 valence electrons. The molecule has 0 aliphatic carbocycles. The summed E-state index contributed by atoms with van der Waals surface area (Å²) < 4.78 is 22.5. The first kappa shape index (κ1) is 19.8. The number of nitrogen functional groups attached to an aromatic ring is 1. The van der Waals surface area contributed by atoms with Crippen LogP contribution in [0.4, 0.5) is 10.3 Å². The lowest BCUT2D eigenvalue weighted by Gasteiger charge is -2.19. The number of ether oxygens (including phenoxy) is 1. The van der Waals surface area contributed by atoms with Crippen molar-refractivity contribution in [2.45, 2.75) is 20.0 Å². The van der Waals surface area contributed by atoms with E-state index in [1.54, 1.807) is 31.5 Å². The van der Waals surface area contributed by atoms with E-state index in [-0.39, 0.29) is 11.8 Å². The third-order valence-electron chi connectivity index (χ3n) is 5.56. The fraction of sp³-hybridized carbons (Fsp3) is 0.217. The first-order valence-electron chi connectivity index (χ1n) is 10.00. The number of rotatable bonds is 3. The summed E-state index contributed by atoms with van der Waals surface area (Å²) >= 11 is 6.60. The van der Waals surface area contributed by atoms with Gasteiger partial charge in [-0.1, -0.05) is 17.7 Å². The summed E-state index contributed by atoms with van der Waals surface area (Å²) in [5, 5.41) is 1.13. The number of aromatic nitrogens is 3. The quantitative estimate of drug-likeness (QED) is 0.511. The van der Waals surface area contributed by atoms with E-state index in [1.807, 2.05) is 22.9 Å². The lowest BCUT2D eigenvalue weighted by Crippen LogP contribution is -2.25. The third kappa shape index (κ3) is 3.71. The van der Waals surface area contributed by atoms with Crippen molar-refractivity contribution in [3.8, 4) is 11.4 Å². The number of hydrogen-bond donors (Lipinski definition) is 1. The van der Waals surface area contributed by atoms with Crippen LogP contribution in [0.5, 0.6) is 5.75 Å². The highest BCUT2D eigenvalue weighted by Gasteiger charge is 2.20. The molecule has 6 nitrogen and oxygen atoms in total. The first-order chi connectivity index (χ1) is 15.0. The Hall–Kier alpha value is -3.16. The summed E-state index contributed by atoms with van der Waals surface area (Å²) in [4.78, 5) is 10.4. The van der Waals surface area contributed by atoms with Gasteiger partial charge in [-0.25, -0.2) is 14.4 Å². The number of nitrogens with two attached hydrogens (primary N) is 1. The van der Waals surface area contributed by atoms with Crippen LogP contribution in [-0.2, 0) is 13.1 Å². The second kappa shape index (κ2) is 7.83. The minimum atomic E-state index is -0.197. The van der Waals surface area contributed by atoms with E-state index in [4.69, 9.17) is 22.1 Å². The lowest BCUT2D eigenvalue weighted by atomic mass is 10.1. The molecule has 0 fully saturated rings. The number of halogens is 2. The van der Waals surface area contributed by atoms with Crippen molar-refractivity contribution in [1.29, 1.82) is 0 Å². The number of hydrogen-bond acceptors (Lipinski definition) is 5. The van der Waals surface area contributed by atoms with Crippen molar-refractivity contribution in [3.63, 3.8) is 0 Å². The minimum absolute atomic E-state index is 0.197. The molecule has 0 radical (unpaired) electrons. The molecule has 0 bridgehead atoms. The van der Waals surface area contributed by atoms with Gasteiger partial charge in [-0.2, -0.15) is 0 Å². The summed E-state index contributed by atoms with van der Waals surface area (Å²) in [7, 11) is 0. The largest absolute Gasteiger partial charge is 0.490 e. The van der Waals surface area contributed by atoms with E-state index in [2.05, 4.69) is 20.9 Å². The third-order valence-corrected chi connectivity index (χ3v) is 5.84. The molecule has 0 saturated carbocycles. The van der Waals surface area contributed by atoms with E-state index in [0.29, 0.717) is 41.4 Å². The number of benzene rings is 2.